The zero-order valence-corrected chi connectivity index (χ0v) is 17.5. The molecule has 0 fully saturated rings. The highest BCUT2D eigenvalue weighted by Crippen LogP contribution is 2.11. The normalized spacial score (nSPS) is 11.6. The van der Waals surface area contributed by atoms with Gasteiger partial charge in [-0.05, 0) is 19.3 Å². The van der Waals surface area contributed by atoms with Crippen LogP contribution in [0.5, 0.6) is 0 Å². The minimum absolute atomic E-state index is 0.0981. The highest BCUT2D eigenvalue weighted by atomic mass is 16.3. The zero-order chi connectivity index (χ0) is 21.9. The molecule has 0 saturated carbocycles. The van der Waals surface area contributed by atoms with Crippen molar-refractivity contribution in [3.8, 4) is 0 Å². The third kappa shape index (κ3) is 7.47. The number of aliphatic hydroxyl groups is 3. The third-order valence-electron chi connectivity index (χ3n) is 4.49. The number of hydrogen-bond donors (Lipinski definition) is 3. The van der Waals surface area contributed by atoms with Crippen LogP contribution in [0.4, 0.5) is 0 Å². The molecule has 0 radical (unpaired) electrons. The van der Waals surface area contributed by atoms with Gasteiger partial charge in [0.05, 0.1) is 42.6 Å². The van der Waals surface area contributed by atoms with Gasteiger partial charge in [0.1, 0.15) is 0 Å². The van der Waals surface area contributed by atoms with E-state index in [4.69, 9.17) is 15.3 Å². The highest BCUT2D eigenvalue weighted by Gasteiger charge is 2.15. The molecule has 3 aromatic heterocycles. The van der Waals surface area contributed by atoms with Crippen LogP contribution in [0.2, 0.25) is 0 Å². The topological polar surface area (TPSA) is 156 Å². The largest absolute Gasteiger partial charge is 0.396 e. The van der Waals surface area contributed by atoms with Crippen molar-refractivity contribution in [3.05, 3.63) is 35.7 Å². The van der Waals surface area contributed by atoms with Gasteiger partial charge in [0.2, 0.25) is 0 Å². The summed E-state index contributed by atoms with van der Waals surface area (Å²) in [6, 6.07) is 0. The average Bonchev–Trinajstić information content (AvgIpc) is 3.51. The number of rotatable bonds is 15. The molecule has 0 spiro atoms. The van der Waals surface area contributed by atoms with Crippen LogP contribution in [-0.4, -0.2) is 85.0 Å². The first-order chi connectivity index (χ1) is 15.2. The molecule has 0 atom stereocenters. The molecule has 13 nitrogen and oxygen atoms in total. The number of aromatic nitrogens is 9. The summed E-state index contributed by atoms with van der Waals surface area (Å²) in [5, 5.41) is 52.8. The van der Waals surface area contributed by atoms with E-state index < -0.39 is 0 Å². The van der Waals surface area contributed by atoms with Crippen molar-refractivity contribution in [2.45, 2.75) is 58.5 Å². The second kappa shape index (κ2) is 12.2. The molecule has 0 unspecified atom stereocenters. The molecule has 0 saturated heterocycles. The lowest BCUT2D eigenvalue weighted by Gasteiger charge is -2.18. The van der Waals surface area contributed by atoms with Crippen LogP contribution in [0, 0.1) is 0 Å². The van der Waals surface area contributed by atoms with E-state index in [9.17, 15) is 0 Å². The molecule has 13 heteroatoms. The smallest absolute Gasteiger partial charge is 0.0967 e. The van der Waals surface area contributed by atoms with Crippen molar-refractivity contribution in [1.29, 1.82) is 0 Å². The molecule has 0 bridgehead atoms. The molecule has 3 heterocycles. The summed E-state index contributed by atoms with van der Waals surface area (Å²) in [4.78, 5) is 5.29. The van der Waals surface area contributed by atoms with Gasteiger partial charge in [0.25, 0.3) is 0 Å². The molecule has 0 amide bonds. The lowest BCUT2D eigenvalue weighted by molar-refractivity contribution is 0.235. The lowest BCUT2D eigenvalue weighted by atomic mass is 10.3. The van der Waals surface area contributed by atoms with E-state index in [0.29, 0.717) is 58.5 Å². The van der Waals surface area contributed by atoms with Gasteiger partial charge in [0, 0.05) is 52.2 Å². The summed E-state index contributed by atoms with van der Waals surface area (Å²) in [5.41, 5.74) is 2.41. The van der Waals surface area contributed by atoms with Crippen LogP contribution >= 0.6 is 0 Å². The molecule has 0 aliphatic carbocycles. The van der Waals surface area contributed by atoms with Crippen LogP contribution in [-0.2, 0) is 39.3 Å². The first-order valence-corrected chi connectivity index (χ1v) is 10.4. The van der Waals surface area contributed by atoms with E-state index >= 15 is 0 Å². The Kier molecular flexibility index (Phi) is 9.02. The van der Waals surface area contributed by atoms with Gasteiger partial charge in [-0.15, -0.1) is 5.10 Å². The minimum atomic E-state index is 0.0981. The maximum Gasteiger partial charge on any atom is 0.0967 e. The fourth-order valence-electron chi connectivity index (χ4n) is 3.06. The van der Waals surface area contributed by atoms with Gasteiger partial charge < -0.3 is 15.3 Å². The summed E-state index contributed by atoms with van der Waals surface area (Å²) in [6.07, 6.45) is 7.15. The average molecular weight is 435 g/mol. The first-order valence-electron chi connectivity index (χ1n) is 10.4. The Bertz CT molecular complexity index is 778. The van der Waals surface area contributed by atoms with Crippen LogP contribution in [0.1, 0.15) is 36.3 Å². The molecule has 0 aliphatic rings. The predicted molar refractivity (Wildman–Crippen MR) is 108 cm³/mol. The molecule has 0 aromatic carbocycles. The molecular weight excluding hydrogens is 404 g/mol. The van der Waals surface area contributed by atoms with Gasteiger partial charge in [0.15, 0.2) is 0 Å². The number of aliphatic hydroxyl groups excluding tert-OH is 3. The molecule has 31 heavy (non-hydrogen) atoms. The van der Waals surface area contributed by atoms with Crippen LogP contribution in [0.25, 0.3) is 0 Å². The van der Waals surface area contributed by atoms with Gasteiger partial charge in [-0.25, -0.2) is 0 Å². The lowest BCUT2D eigenvalue weighted by Crippen LogP contribution is -2.23. The highest BCUT2D eigenvalue weighted by molar-refractivity contribution is 4.99. The molecule has 3 rings (SSSR count). The maximum absolute atomic E-state index is 8.99. The summed E-state index contributed by atoms with van der Waals surface area (Å²) in [6.45, 7) is 3.65. The van der Waals surface area contributed by atoms with Crippen molar-refractivity contribution in [2.24, 2.45) is 0 Å². The van der Waals surface area contributed by atoms with Crippen LogP contribution < -0.4 is 0 Å². The van der Waals surface area contributed by atoms with E-state index in [-0.39, 0.29) is 19.8 Å². The quantitative estimate of drug-likeness (QED) is 0.266. The monoisotopic (exact) mass is 434 g/mol. The van der Waals surface area contributed by atoms with Crippen LogP contribution in [0.3, 0.4) is 0 Å². The number of aryl methyl sites for hydroxylation is 3. The second-order valence-corrected chi connectivity index (χ2v) is 7.21. The van der Waals surface area contributed by atoms with Crippen molar-refractivity contribution in [1.82, 2.24) is 49.9 Å². The van der Waals surface area contributed by atoms with E-state index in [2.05, 4.69) is 35.6 Å². The molecular formula is C18H30N10O3. The number of hydrogen-bond acceptors (Lipinski definition) is 10. The standard InChI is InChI=1S/C18H30N10O3/c29-7-1-4-26-15-18(21-24-26)14-25(12-16-10-19-27(22-16)5-2-8-30)13-17-11-20-28(23-17)6-3-9-31/h10-11,15,29-31H,1-9,12-14H2. The third-order valence-corrected chi connectivity index (χ3v) is 4.49. The second-order valence-electron chi connectivity index (χ2n) is 7.21. The fourth-order valence-corrected chi connectivity index (χ4v) is 3.06. The first kappa shape index (κ1) is 22.9. The van der Waals surface area contributed by atoms with E-state index in [1.54, 1.807) is 26.7 Å². The Hall–Kier alpha value is -2.74. The summed E-state index contributed by atoms with van der Waals surface area (Å²) in [5.74, 6) is 0. The van der Waals surface area contributed by atoms with E-state index in [0.717, 1.165) is 17.1 Å². The Morgan fingerprint density at radius 2 is 1.23 bits per heavy atom. The van der Waals surface area contributed by atoms with Gasteiger partial charge in [-0.1, -0.05) is 5.21 Å². The summed E-state index contributed by atoms with van der Waals surface area (Å²) >= 11 is 0. The van der Waals surface area contributed by atoms with E-state index in [1.165, 1.54) is 0 Å². The Labute approximate surface area is 179 Å². The van der Waals surface area contributed by atoms with Crippen molar-refractivity contribution < 1.29 is 15.3 Å². The van der Waals surface area contributed by atoms with Crippen molar-refractivity contribution >= 4 is 0 Å². The molecule has 3 N–H and O–H groups in total. The van der Waals surface area contributed by atoms with Crippen LogP contribution in [0.15, 0.2) is 18.6 Å². The SMILES string of the molecule is OCCCn1cc(CN(Cc2cnn(CCCO)n2)Cc2cnn(CCCO)n2)nn1. The van der Waals surface area contributed by atoms with Crippen molar-refractivity contribution in [3.63, 3.8) is 0 Å². The minimum Gasteiger partial charge on any atom is -0.396 e. The van der Waals surface area contributed by atoms with Gasteiger partial charge >= 0.3 is 0 Å². The van der Waals surface area contributed by atoms with Gasteiger partial charge in [-0.2, -0.15) is 30.0 Å². The predicted octanol–water partition coefficient (Wildman–Crippen LogP) is -1.19. The molecule has 0 aliphatic heterocycles. The molecule has 3 aromatic rings. The fraction of sp³-hybridized carbons (Fsp3) is 0.667. The Morgan fingerprint density at radius 1 is 0.710 bits per heavy atom. The Balaban J connectivity index is 1.67. The van der Waals surface area contributed by atoms with Gasteiger partial charge in [-0.3, -0.25) is 9.58 Å². The van der Waals surface area contributed by atoms with E-state index in [1.807, 2.05) is 6.20 Å². The molecule has 170 valence electrons. The Morgan fingerprint density at radius 3 is 1.77 bits per heavy atom. The maximum atomic E-state index is 8.99. The zero-order valence-electron chi connectivity index (χ0n) is 17.5. The number of nitrogens with zero attached hydrogens (tertiary/aromatic N) is 10. The summed E-state index contributed by atoms with van der Waals surface area (Å²) < 4.78 is 1.72. The summed E-state index contributed by atoms with van der Waals surface area (Å²) in [7, 11) is 0. The van der Waals surface area contributed by atoms with Crippen molar-refractivity contribution in [2.75, 3.05) is 19.8 Å².